The number of methoxy groups -OCH3 is 2. The Morgan fingerprint density at radius 1 is 1.12 bits per heavy atom. The summed E-state index contributed by atoms with van der Waals surface area (Å²) in [6, 6.07) is 15.9. The lowest BCUT2D eigenvalue weighted by Crippen LogP contribution is -2.19. The van der Waals surface area contributed by atoms with Crippen LogP contribution in [-0.2, 0) is 22.5 Å². The summed E-state index contributed by atoms with van der Waals surface area (Å²) < 4.78 is 13.7. The molecule has 0 aliphatic heterocycles. The minimum atomic E-state index is -0.120. The minimum Gasteiger partial charge on any atom is -0.495 e. The lowest BCUT2D eigenvalue weighted by Gasteiger charge is -2.07. The van der Waals surface area contributed by atoms with E-state index in [2.05, 4.69) is 4.99 Å². The fraction of sp³-hybridized carbons (Fsp3) is 0.300. The average molecular weight is 370 g/mol. The number of aryl methyl sites for hydroxylation is 1. The molecule has 26 heavy (non-hydrogen) atoms. The minimum absolute atomic E-state index is 0.120. The number of fused-ring (bicyclic) bond motifs is 1. The summed E-state index contributed by atoms with van der Waals surface area (Å²) in [4.78, 5) is 17.5. The van der Waals surface area contributed by atoms with Gasteiger partial charge in [0.05, 0.1) is 18.4 Å². The largest absolute Gasteiger partial charge is 0.495 e. The summed E-state index contributed by atoms with van der Waals surface area (Å²) in [6.07, 6.45) is 1.08. The summed E-state index contributed by atoms with van der Waals surface area (Å²) in [5.74, 6) is 0.651. The van der Waals surface area contributed by atoms with Gasteiger partial charge in [0.2, 0.25) is 5.91 Å². The zero-order valence-corrected chi connectivity index (χ0v) is 15.8. The van der Waals surface area contributed by atoms with E-state index in [1.165, 1.54) is 11.3 Å². The van der Waals surface area contributed by atoms with Gasteiger partial charge in [-0.2, -0.15) is 4.99 Å². The zero-order chi connectivity index (χ0) is 18.4. The third-order valence-electron chi connectivity index (χ3n) is 4.09. The van der Waals surface area contributed by atoms with E-state index in [4.69, 9.17) is 9.47 Å². The Hall–Kier alpha value is -2.44. The van der Waals surface area contributed by atoms with E-state index < -0.39 is 0 Å². The maximum Gasteiger partial charge on any atom is 0.248 e. The number of ether oxygens (including phenoxy) is 2. The first kappa shape index (κ1) is 18.4. The second kappa shape index (κ2) is 8.78. The van der Waals surface area contributed by atoms with Crippen LogP contribution in [0.1, 0.15) is 12.0 Å². The van der Waals surface area contributed by atoms with Crippen molar-refractivity contribution in [3.05, 3.63) is 58.9 Å². The van der Waals surface area contributed by atoms with Crippen LogP contribution in [0.5, 0.6) is 5.75 Å². The van der Waals surface area contributed by atoms with Crippen LogP contribution < -0.4 is 9.54 Å². The first-order valence-corrected chi connectivity index (χ1v) is 9.31. The number of hydrogen-bond acceptors (Lipinski definition) is 4. The van der Waals surface area contributed by atoms with Crippen LogP contribution in [0, 0.1) is 0 Å². The molecule has 0 unspecified atom stereocenters. The highest BCUT2D eigenvalue weighted by Gasteiger charge is 2.12. The van der Waals surface area contributed by atoms with Crippen LogP contribution in [0.3, 0.4) is 0 Å². The number of amides is 1. The standard InChI is InChI=1S/C20H22N2O3S/c1-24-14-13-22-19-16(25-2)9-6-10-17(19)26-20(22)21-18(23)12-11-15-7-4-3-5-8-15/h3-10H,11-14H2,1-2H3. The molecule has 0 saturated carbocycles. The van der Waals surface area contributed by atoms with Crippen molar-refractivity contribution < 1.29 is 14.3 Å². The van der Waals surface area contributed by atoms with Crippen LogP contribution in [0.15, 0.2) is 53.5 Å². The second-order valence-electron chi connectivity index (χ2n) is 5.83. The zero-order valence-electron chi connectivity index (χ0n) is 15.0. The van der Waals surface area contributed by atoms with Crippen LogP contribution in [0.2, 0.25) is 0 Å². The van der Waals surface area contributed by atoms with Gasteiger partial charge in [0.1, 0.15) is 11.3 Å². The smallest absolute Gasteiger partial charge is 0.248 e. The first-order valence-electron chi connectivity index (χ1n) is 8.49. The molecule has 3 rings (SSSR count). The molecule has 0 atom stereocenters. The molecule has 1 heterocycles. The van der Waals surface area contributed by atoms with Crippen LogP contribution >= 0.6 is 11.3 Å². The molecule has 3 aromatic rings. The predicted molar refractivity (Wildman–Crippen MR) is 104 cm³/mol. The molecule has 0 fully saturated rings. The summed E-state index contributed by atoms with van der Waals surface area (Å²) in [5, 5.41) is 0. The first-order chi connectivity index (χ1) is 12.7. The van der Waals surface area contributed by atoms with E-state index in [1.54, 1.807) is 14.2 Å². The molecule has 136 valence electrons. The van der Waals surface area contributed by atoms with Gasteiger partial charge >= 0.3 is 0 Å². The second-order valence-corrected chi connectivity index (χ2v) is 6.84. The topological polar surface area (TPSA) is 52.8 Å². The monoisotopic (exact) mass is 370 g/mol. The van der Waals surface area contributed by atoms with Crippen LogP contribution in [0.4, 0.5) is 0 Å². The summed E-state index contributed by atoms with van der Waals surface area (Å²) in [7, 11) is 3.31. The van der Waals surface area contributed by atoms with Crippen molar-refractivity contribution in [2.75, 3.05) is 20.8 Å². The third-order valence-corrected chi connectivity index (χ3v) is 5.14. The molecular formula is C20H22N2O3S. The number of thiazole rings is 1. The summed E-state index contributed by atoms with van der Waals surface area (Å²) in [6.45, 7) is 1.15. The number of para-hydroxylation sites is 1. The van der Waals surface area contributed by atoms with Gasteiger partial charge in [-0.3, -0.25) is 4.79 Å². The predicted octanol–water partition coefficient (Wildman–Crippen LogP) is 3.42. The van der Waals surface area contributed by atoms with E-state index in [0.717, 1.165) is 21.5 Å². The number of aromatic nitrogens is 1. The number of rotatable bonds is 7. The highest BCUT2D eigenvalue weighted by Crippen LogP contribution is 2.27. The molecule has 0 aliphatic carbocycles. The lowest BCUT2D eigenvalue weighted by atomic mass is 10.1. The highest BCUT2D eigenvalue weighted by molar-refractivity contribution is 7.16. The van der Waals surface area contributed by atoms with Gasteiger partial charge < -0.3 is 14.0 Å². The number of hydrogen-bond donors (Lipinski definition) is 0. The van der Waals surface area contributed by atoms with E-state index in [9.17, 15) is 4.79 Å². The fourth-order valence-electron chi connectivity index (χ4n) is 2.80. The Morgan fingerprint density at radius 2 is 1.92 bits per heavy atom. The average Bonchev–Trinajstić information content (AvgIpc) is 3.02. The normalized spacial score (nSPS) is 11.8. The quantitative estimate of drug-likeness (QED) is 0.640. The van der Waals surface area contributed by atoms with E-state index >= 15 is 0 Å². The maximum atomic E-state index is 12.4. The van der Waals surface area contributed by atoms with Gasteiger partial charge in [-0.15, -0.1) is 0 Å². The van der Waals surface area contributed by atoms with Crippen molar-refractivity contribution >= 4 is 27.5 Å². The van der Waals surface area contributed by atoms with Crippen molar-refractivity contribution in [1.29, 1.82) is 0 Å². The Labute approximate surface area is 156 Å². The molecule has 5 nitrogen and oxygen atoms in total. The van der Waals surface area contributed by atoms with Gasteiger partial charge in [-0.05, 0) is 24.1 Å². The van der Waals surface area contributed by atoms with Crippen molar-refractivity contribution in [1.82, 2.24) is 4.57 Å². The molecule has 0 N–H and O–H groups in total. The van der Waals surface area contributed by atoms with Crippen molar-refractivity contribution in [2.45, 2.75) is 19.4 Å². The van der Waals surface area contributed by atoms with Gasteiger partial charge in [-0.1, -0.05) is 47.7 Å². The Morgan fingerprint density at radius 3 is 2.65 bits per heavy atom. The molecule has 0 saturated heterocycles. The number of carbonyl (C=O) groups is 1. The van der Waals surface area contributed by atoms with Gasteiger partial charge in [0.15, 0.2) is 4.80 Å². The SMILES string of the molecule is COCCn1c(=NC(=O)CCc2ccccc2)sc2cccc(OC)c21. The Kier molecular flexibility index (Phi) is 6.20. The summed E-state index contributed by atoms with van der Waals surface area (Å²) in [5.41, 5.74) is 2.09. The van der Waals surface area contributed by atoms with Gasteiger partial charge in [0.25, 0.3) is 0 Å². The molecule has 1 amide bonds. The molecule has 2 aromatic carbocycles. The molecule has 0 bridgehead atoms. The third kappa shape index (κ3) is 4.20. The van der Waals surface area contributed by atoms with E-state index in [1.807, 2.05) is 53.1 Å². The van der Waals surface area contributed by atoms with Crippen molar-refractivity contribution in [3.8, 4) is 5.75 Å². The number of nitrogens with zero attached hydrogens (tertiary/aromatic N) is 2. The number of benzene rings is 2. The fourth-order valence-corrected chi connectivity index (χ4v) is 3.89. The summed E-state index contributed by atoms with van der Waals surface area (Å²) >= 11 is 1.49. The van der Waals surface area contributed by atoms with E-state index in [0.29, 0.717) is 30.8 Å². The van der Waals surface area contributed by atoms with Crippen LogP contribution in [0.25, 0.3) is 10.2 Å². The maximum absolute atomic E-state index is 12.4. The van der Waals surface area contributed by atoms with Crippen LogP contribution in [-0.4, -0.2) is 31.3 Å². The molecule has 0 spiro atoms. The van der Waals surface area contributed by atoms with Crippen molar-refractivity contribution in [3.63, 3.8) is 0 Å². The Balaban J connectivity index is 1.92. The van der Waals surface area contributed by atoms with Crippen molar-refractivity contribution in [2.24, 2.45) is 4.99 Å². The highest BCUT2D eigenvalue weighted by atomic mass is 32.1. The number of carbonyl (C=O) groups excluding carboxylic acids is 1. The van der Waals surface area contributed by atoms with E-state index in [-0.39, 0.29) is 5.91 Å². The van der Waals surface area contributed by atoms with Gasteiger partial charge in [-0.25, -0.2) is 0 Å². The van der Waals surface area contributed by atoms with Gasteiger partial charge in [0, 0.05) is 20.1 Å². The molecule has 0 radical (unpaired) electrons. The molecule has 0 aliphatic rings. The molecular weight excluding hydrogens is 348 g/mol. The molecule has 1 aromatic heterocycles. The lowest BCUT2D eigenvalue weighted by molar-refractivity contribution is -0.118. The molecule has 6 heteroatoms. The Bertz CT molecular complexity index is 945.